The summed E-state index contributed by atoms with van der Waals surface area (Å²) in [6, 6.07) is 12.2. The fourth-order valence-electron chi connectivity index (χ4n) is 2.40. The van der Waals surface area contributed by atoms with E-state index in [9.17, 15) is 19.5 Å². The highest BCUT2D eigenvalue weighted by atomic mass is 16.5. The van der Waals surface area contributed by atoms with Gasteiger partial charge in [0.05, 0.1) is 12.8 Å². The number of aliphatic carboxylic acids is 1. The molecule has 0 aliphatic heterocycles. The summed E-state index contributed by atoms with van der Waals surface area (Å²) in [4.78, 5) is 38.9. The summed E-state index contributed by atoms with van der Waals surface area (Å²) in [5.74, 6) is 3.62. The smallest absolute Gasteiger partial charge is 0.407 e. The Hall–Kier alpha value is -3.92. The quantitative estimate of drug-likeness (QED) is 0.194. The highest BCUT2D eigenvalue weighted by molar-refractivity contribution is 6.04. The van der Waals surface area contributed by atoms with Crippen molar-refractivity contribution in [3.8, 4) is 0 Å². The number of carbonyl (C=O) groups is 3. The number of anilines is 1. The minimum Gasteiger partial charge on any atom is -0.480 e. The molecule has 0 saturated carbocycles. The van der Waals surface area contributed by atoms with E-state index in [4.69, 9.17) is 5.84 Å². The number of nitrogens with one attached hydrogen (secondary N) is 3. The Kier molecular flexibility index (Phi) is 7.68. The van der Waals surface area contributed by atoms with Crippen LogP contribution < -0.4 is 21.9 Å². The molecule has 6 N–H and O–H groups in total. The van der Waals surface area contributed by atoms with Crippen LogP contribution in [0.2, 0.25) is 0 Å². The van der Waals surface area contributed by atoms with Gasteiger partial charge in [-0.2, -0.15) is 0 Å². The highest BCUT2D eigenvalue weighted by Gasteiger charge is 2.20. The molecule has 0 aliphatic rings. The molecular formula is C19H21N5O5. The van der Waals surface area contributed by atoms with E-state index in [1.54, 1.807) is 48.5 Å². The first-order valence-electron chi connectivity index (χ1n) is 8.49. The SMILES string of the molecule is COC(=O)N[C@@H](Cc1ccc(NC(=O)c2cccc(N=CNN)c2)cc1)C(=O)O. The number of hydrogen-bond acceptors (Lipinski definition) is 6. The number of carboxylic acids is 1. The Balaban J connectivity index is 2.03. The van der Waals surface area contributed by atoms with Gasteiger partial charge in [0.1, 0.15) is 12.4 Å². The summed E-state index contributed by atoms with van der Waals surface area (Å²) in [6.45, 7) is 0. The van der Waals surface area contributed by atoms with Crippen LogP contribution in [0.25, 0.3) is 0 Å². The van der Waals surface area contributed by atoms with Crippen LogP contribution in [-0.2, 0) is 16.0 Å². The number of nitrogens with zero attached hydrogens (tertiary/aromatic N) is 1. The molecule has 10 heteroatoms. The zero-order valence-electron chi connectivity index (χ0n) is 15.6. The van der Waals surface area contributed by atoms with E-state index in [1.165, 1.54) is 6.34 Å². The number of carboxylic acid groups (broad SMARTS) is 1. The molecule has 0 unspecified atom stereocenters. The zero-order valence-corrected chi connectivity index (χ0v) is 15.6. The van der Waals surface area contributed by atoms with Crippen LogP contribution in [0.4, 0.5) is 16.2 Å². The summed E-state index contributed by atoms with van der Waals surface area (Å²) >= 11 is 0. The number of alkyl carbamates (subject to hydrolysis) is 1. The third-order valence-electron chi connectivity index (χ3n) is 3.82. The van der Waals surface area contributed by atoms with Gasteiger partial charge in [0.25, 0.3) is 5.91 Å². The average molecular weight is 399 g/mol. The molecule has 1 atom stereocenters. The van der Waals surface area contributed by atoms with E-state index in [0.29, 0.717) is 22.5 Å². The van der Waals surface area contributed by atoms with Crippen molar-refractivity contribution >= 4 is 35.7 Å². The van der Waals surface area contributed by atoms with Crippen LogP contribution >= 0.6 is 0 Å². The Labute approximate surface area is 166 Å². The van der Waals surface area contributed by atoms with Crippen LogP contribution in [0.1, 0.15) is 15.9 Å². The van der Waals surface area contributed by atoms with Crippen molar-refractivity contribution in [2.24, 2.45) is 10.8 Å². The first kappa shape index (κ1) is 21.4. The van der Waals surface area contributed by atoms with E-state index in [0.717, 1.165) is 7.11 Å². The van der Waals surface area contributed by atoms with Gasteiger partial charge in [-0.25, -0.2) is 20.4 Å². The summed E-state index contributed by atoms with van der Waals surface area (Å²) in [5, 5.41) is 14.2. The molecule has 0 heterocycles. The second-order valence-corrected chi connectivity index (χ2v) is 5.86. The Morgan fingerprint density at radius 1 is 1.21 bits per heavy atom. The van der Waals surface area contributed by atoms with Crippen LogP contribution in [0, 0.1) is 0 Å². The molecule has 0 fully saturated rings. The van der Waals surface area contributed by atoms with E-state index in [2.05, 4.69) is 25.8 Å². The third-order valence-corrected chi connectivity index (χ3v) is 3.82. The fourth-order valence-corrected chi connectivity index (χ4v) is 2.40. The molecule has 0 saturated heterocycles. The van der Waals surface area contributed by atoms with Gasteiger partial charge in [-0.15, -0.1) is 0 Å². The second-order valence-electron chi connectivity index (χ2n) is 5.86. The number of carbonyl (C=O) groups excluding carboxylic acids is 2. The van der Waals surface area contributed by atoms with Crippen LogP contribution in [-0.4, -0.2) is 42.6 Å². The first-order chi connectivity index (χ1) is 13.9. The molecule has 2 aromatic carbocycles. The summed E-state index contributed by atoms with van der Waals surface area (Å²) in [6.07, 6.45) is 0.540. The van der Waals surface area contributed by atoms with Gasteiger partial charge in [-0.1, -0.05) is 18.2 Å². The van der Waals surface area contributed by atoms with Crippen molar-refractivity contribution in [1.82, 2.24) is 10.7 Å². The number of aliphatic imine (C=N–C) groups is 1. The number of hydrazine groups is 1. The van der Waals surface area contributed by atoms with Crippen molar-refractivity contribution in [3.63, 3.8) is 0 Å². The fraction of sp³-hybridized carbons (Fsp3) is 0.158. The van der Waals surface area contributed by atoms with Crippen LogP contribution in [0.5, 0.6) is 0 Å². The second kappa shape index (κ2) is 10.4. The van der Waals surface area contributed by atoms with Gasteiger partial charge in [-0.05, 0) is 35.9 Å². The lowest BCUT2D eigenvalue weighted by Gasteiger charge is -2.14. The maximum absolute atomic E-state index is 12.4. The lowest BCUT2D eigenvalue weighted by Crippen LogP contribution is -2.42. The number of nitrogens with two attached hydrogens (primary N) is 1. The third kappa shape index (κ3) is 6.63. The van der Waals surface area contributed by atoms with Gasteiger partial charge >= 0.3 is 12.1 Å². The molecule has 0 bridgehead atoms. The Morgan fingerprint density at radius 3 is 2.55 bits per heavy atom. The van der Waals surface area contributed by atoms with E-state index < -0.39 is 18.1 Å². The largest absolute Gasteiger partial charge is 0.480 e. The molecule has 152 valence electrons. The topological polar surface area (TPSA) is 155 Å². The van der Waals surface area contributed by atoms with Crippen molar-refractivity contribution in [2.75, 3.05) is 12.4 Å². The molecule has 29 heavy (non-hydrogen) atoms. The molecule has 2 aromatic rings. The normalized spacial score (nSPS) is 11.5. The van der Waals surface area contributed by atoms with Gasteiger partial charge < -0.3 is 25.9 Å². The van der Waals surface area contributed by atoms with Gasteiger partial charge in [0.15, 0.2) is 0 Å². The number of hydrogen-bond donors (Lipinski definition) is 5. The molecule has 0 spiro atoms. The number of methoxy groups -OCH3 is 1. The van der Waals surface area contributed by atoms with Crippen molar-refractivity contribution in [2.45, 2.75) is 12.5 Å². The predicted octanol–water partition coefficient (Wildman–Crippen LogP) is 1.41. The number of rotatable bonds is 8. The minimum absolute atomic E-state index is 0.0634. The van der Waals surface area contributed by atoms with Crippen LogP contribution in [0.15, 0.2) is 53.5 Å². The maximum Gasteiger partial charge on any atom is 0.407 e. The van der Waals surface area contributed by atoms with Gasteiger partial charge in [-0.3, -0.25) is 4.79 Å². The number of benzene rings is 2. The molecule has 0 aliphatic carbocycles. The van der Waals surface area contributed by atoms with Gasteiger partial charge in [0.2, 0.25) is 0 Å². The van der Waals surface area contributed by atoms with E-state index in [-0.39, 0.29) is 12.3 Å². The van der Waals surface area contributed by atoms with Crippen LogP contribution in [0.3, 0.4) is 0 Å². The molecule has 0 aromatic heterocycles. The summed E-state index contributed by atoms with van der Waals surface area (Å²) in [5.41, 5.74) is 4.45. The summed E-state index contributed by atoms with van der Waals surface area (Å²) < 4.78 is 4.42. The van der Waals surface area contributed by atoms with E-state index in [1.807, 2.05) is 0 Å². The maximum atomic E-state index is 12.4. The molecule has 2 amide bonds. The lowest BCUT2D eigenvalue weighted by molar-refractivity contribution is -0.139. The molecule has 0 radical (unpaired) electrons. The Bertz CT molecular complexity index is 898. The van der Waals surface area contributed by atoms with Crippen molar-refractivity contribution in [1.29, 1.82) is 0 Å². The number of ether oxygens (including phenoxy) is 1. The average Bonchev–Trinajstić information content (AvgIpc) is 2.73. The van der Waals surface area contributed by atoms with Crippen molar-refractivity contribution in [3.05, 3.63) is 59.7 Å². The first-order valence-corrected chi connectivity index (χ1v) is 8.49. The molecule has 10 nitrogen and oxygen atoms in total. The lowest BCUT2D eigenvalue weighted by atomic mass is 10.1. The standard InChI is InChI=1S/C19H21N5O5/c1-29-19(28)24-16(18(26)27)9-12-5-7-14(8-6-12)23-17(25)13-3-2-4-15(10-13)21-11-22-20/h2-8,10-11,16H,9,20H2,1H3,(H,21,22)(H,23,25)(H,24,28)(H,26,27)/t16-/m0/s1. The molecular weight excluding hydrogens is 378 g/mol. The van der Waals surface area contributed by atoms with E-state index >= 15 is 0 Å². The highest BCUT2D eigenvalue weighted by Crippen LogP contribution is 2.16. The monoisotopic (exact) mass is 399 g/mol. The predicted molar refractivity (Wildman–Crippen MR) is 107 cm³/mol. The summed E-state index contributed by atoms with van der Waals surface area (Å²) in [7, 11) is 1.16. The Morgan fingerprint density at radius 2 is 1.93 bits per heavy atom. The van der Waals surface area contributed by atoms with Crippen molar-refractivity contribution < 1.29 is 24.2 Å². The number of amides is 2. The molecule has 2 rings (SSSR count). The van der Waals surface area contributed by atoms with Gasteiger partial charge in [0, 0.05) is 17.7 Å². The minimum atomic E-state index is -1.18. The zero-order chi connectivity index (χ0) is 21.2.